The fourth-order valence-electron chi connectivity index (χ4n) is 3.46. The molecule has 1 aromatic heterocycles. The summed E-state index contributed by atoms with van der Waals surface area (Å²) in [4.78, 5) is 19.0. The second kappa shape index (κ2) is 9.80. The van der Waals surface area contributed by atoms with Gasteiger partial charge in [-0.2, -0.15) is 0 Å². The first-order valence-corrected chi connectivity index (χ1v) is 9.78. The molecule has 28 heavy (non-hydrogen) atoms. The molecule has 0 radical (unpaired) electrons. The van der Waals surface area contributed by atoms with E-state index in [1.165, 1.54) is 6.07 Å². The van der Waals surface area contributed by atoms with Crippen LogP contribution in [0.15, 0.2) is 28.7 Å². The van der Waals surface area contributed by atoms with Gasteiger partial charge in [0.2, 0.25) is 11.8 Å². The van der Waals surface area contributed by atoms with Crippen LogP contribution in [0.3, 0.4) is 0 Å². The number of piperidine rings is 1. The van der Waals surface area contributed by atoms with E-state index in [1.54, 1.807) is 25.3 Å². The Morgan fingerprint density at radius 3 is 2.82 bits per heavy atom. The molecule has 7 heteroatoms. The van der Waals surface area contributed by atoms with Gasteiger partial charge in [0.25, 0.3) is 0 Å². The summed E-state index contributed by atoms with van der Waals surface area (Å²) in [6, 6.07) is 6.48. The Hall–Kier alpha value is -2.25. The molecule has 6 nitrogen and oxygen atoms in total. The number of ether oxygens (including phenoxy) is 1. The second-order valence-corrected chi connectivity index (χ2v) is 7.19. The molecular formula is C21H28FN3O3. The number of nitrogens with zero attached hydrogens (tertiary/aromatic N) is 2. The van der Waals surface area contributed by atoms with Gasteiger partial charge >= 0.3 is 0 Å². The summed E-state index contributed by atoms with van der Waals surface area (Å²) in [5.74, 6) is 0.876. The van der Waals surface area contributed by atoms with E-state index in [-0.39, 0.29) is 17.6 Å². The highest BCUT2D eigenvalue weighted by Crippen LogP contribution is 2.26. The van der Waals surface area contributed by atoms with Crippen LogP contribution in [0.25, 0.3) is 11.5 Å². The number of likely N-dealkylation sites (tertiary alicyclic amines) is 1. The maximum absolute atomic E-state index is 14.0. The van der Waals surface area contributed by atoms with Crippen LogP contribution in [0.5, 0.6) is 0 Å². The minimum atomic E-state index is -0.340. The average molecular weight is 389 g/mol. The summed E-state index contributed by atoms with van der Waals surface area (Å²) in [6.07, 6.45) is 2.48. The van der Waals surface area contributed by atoms with Crippen LogP contribution in [0.4, 0.5) is 4.39 Å². The minimum absolute atomic E-state index is 0.0613. The van der Waals surface area contributed by atoms with Crippen molar-refractivity contribution in [3.05, 3.63) is 41.5 Å². The number of halogens is 1. The summed E-state index contributed by atoms with van der Waals surface area (Å²) >= 11 is 0. The number of carbonyl (C=O) groups is 1. The Morgan fingerprint density at radius 1 is 1.36 bits per heavy atom. The van der Waals surface area contributed by atoms with Crippen molar-refractivity contribution in [1.29, 1.82) is 0 Å². The molecule has 0 spiro atoms. The number of hydrogen-bond donors (Lipinski definition) is 1. The third-order valence-corrected chi connectivity index (χ3v) is 5.15. The van der Waals surface area contributed by atoms with Gasteiger partial charge in [0.15, 0.2) is 0 Å². The van der Waals surface area contributed by atoms with E-state index in [4.69, 9.17) is 9.15 Å². The lowest BCUT2D eigenvalue weighted by Crippen LogP contribution is -2.40. The average Bonchev–Trinajstić information content (AvgIpc) is 3.06. The molecule has 1 aromatic carbocycles. The monoisotopic (exact) mass is 389 g/mol. The van der Waals surface area contributed by atoms with Gasteiger partial charge < -0.3 is 14.5 Å². The Balaban J connectivity index is 1.51. The Kier molecular flexibility index (Phi) is 7.17. The number of carbonyl (C=O) groups excluding carboxylic acids is 1. The zero-order valence-electron chi connectivity index (χ0n) is 16.5. The van der Waals surface area contributed by atoms with Crippen LogP contribution in [0.1, 0.15) is 30.7 Å². The Bertz CT molecular complexity index is 785. The van der Waals surface area contributed by atoms with Gasteiger partial charge in [-0.15, -0.1) is 0 Å². The number of oxazole rings is 1. The molecule has 2 heterocycles. The minimum Gasteiger partial charge on any atom is -0.441 e. The lowest BCUT2D eigenvalue weighted by molar-refractivity contribution is -0.126. The third-order valence-electron chi connectivity index (χ3n) is 5.15. The van der Waals surface area contributed by atoms with E-state index in [2.05, 4.69) is 15.2 Å². The molecule has 1 amide bonds. The first kappa shape index (κ1) is 20.5. The lowest BCUT2D eigenvalue weighted by Gasteiger charge is -2.30. The van der Waals surface area contributed by atoms with Crippen LogP contribution in [-0.4, -0.2) is 49.1 Å². The van der Waals surface area contributed by atoms with Gasteiger partial charge in [0.1, 0.15) is 11.6 Å². The molecular weight excluding hydrogens is 361 g/mol. The van der Waals surface area contributed by atoms with E-state index in [1.807, 2.05) is 6.92 Å². The topological polar surface area (TPSA) is 67.6 Å². The van der Waals surface area contributed by atoms with Gasteiger partial charge in [-0.05, 0) is 51.4 Å². The molecule has 0 bridgehead atoms. The summed E-state index contributed by atoms with van der Waals surface area (Å²) in [5.41, 5.74) is 1.20. The van der Waals surface area contributed by atoms with Crippen LogP contribution in [0.2, 0.25) is 0 Å². The number of nitrogens with one attached hydrogen (secondary N) is 1. The molecule has 1 aliphatic heterocycles. The summed E-state index contributed by atoms with van der Waals surface area (Å²) in [7, 11) is 1.66. The van der Waals surface area contributed by atoms with Crippen molar-refractivity contribution in [1.82, 2.24) is 15.2 Å². The highest BCUT2D eigenvalue weighted by Gasteiger charge is 2.26. The van der Waals surface area contributed by atoms with Crippen LogP contribution in [0, 0.1) is 18.7 Å². The van der Waals surface area contributed by atoms with E-state index in [0.717, 1.165) is 38.0 Å². The number of hydrogen-bond acceptors (Lipinski definition) is 5. The Morgan fingerprint density at radius 2 is 2.11 bits per heavy atom. The van der Waals surface area contributed by atoms with Crippen LogP contribution >= 0.6 is 0 Å². The molecule has 2 aromatic rings. The van der Waals surface area contributed by atoms with Crippen LogP contribution in [-0.2, 0) is 16.1 Å². The van der Waals surface area contributed by atoms with Gasteiger partial charge in [0, 0.05) is 32.7 Å². The molecule has 0 saturated carbocycles. The molecule has 3 rings (SSSR count). The zero-order chi connectivity index (χ0) is 19.9. The van der Waals surface area contributed by atoms with E-state index >= 15 is 0 Å². The van der Waals surface area contributed by atoms with Crippen molar-refractivity contribution in [2.75, 3.05) is 33.4 Å². The largest absolute Gasteiger partial charge is 0.441 e. The maximum atomic E-state index is 14.0. The van der Waals surface area contributed by atoms with Crippen molar-refractivity contribution in [3.63, 3.8) is 0 Å². The van der Waals surface area contributed by atoms with Gasteiger partial charge in [-0.3, -0.25) is 9.69 Å². The van der Waals surface area contributed by atoms with Gasteiger partial charge in [-0.1, -0.05) is 12.1 Å². The summed E-state index contributed by atoms with van der Waals surface area (Å²) in [6.45, 7) is 5.47. The number of rotatable bonds is 8. The molecule has 1 saturated heterocycles. The number of aromatic nitrogens is 1. The lowest BCUT2D eigenvalue weighted by atomic mass is 9.95. The SMILES string of the molecule is COCCCNC(=O)C1CCN(Cc2nc(-c3ccccc3F)oc2C)CC1. The van der Waals surface area contributed by atoms with Gasteiger partial charge in [0.05, 0.1) is 11.3 Å². The predicted octanol–water partition coefficient (Wildman–Crippen LogP) is 3.15. The highest BCUT2D eigenvalue weighted by atomic mass is 19.1. The first-order chi connectivity index (χ1) is 13.6. The second-order valence-electron chi connectivity index (χ2n) is 7.19. The Labute approximate surface area is 165 Å². The molecule has 152 valence electrons. The van der Waals surface area contributed by atoms with E-state index in [9.17, 15) is 9.18 Å². The van der Waals surface area contributed by atoms with Crippen molar-refractivity contribution in [3.8, 4) is 11.5 Å². The smallest absolute Gasteiger partial charge is 0.229 e. The van der Waals surface area contributed by atoms with Crippen LogP contribution < -0.4 is 5.32 Å². The van der Waals surface area contributed by atoms with Gasteiger partial charge in [-0.25, -0.2) is 9.37 Å². The third kappa shape index (κ3) is 5.17. The van der Waals surface area contributed by atoms with E-state index < -0.39 is 0 Å². The first-order valence-electron chi connectivity index (χ1n) is 9.78. The molecule has 1 N–H and O–H groups in total. The number of amides is 1. The summed E-state index contributed by atoms with van der Waals surface area (Å²) in [5, 5.41) is 2.99. The quantitative estimate of drug-likeness (QED) is 0.703. The van der Waals surface area contributed by atoms with Crippen molar-refractivity contribution >= 4 is 5.91 Å². The standard InChI is InChI=1S/C21H28FN3O3/c1-15-19(24-21(28-15)17-6-3-4-7-18(17)22)14-25-11-8-16(9-12-25)20(26)23-10-5-13-27-2/h3-4,6-7,16H,5,8-14H2,1-2H3,(H,23,26). The molecule has 1 aliphatic rings. The summed E-state index contributed by atoms with van der Waals surface area (Å²) < 4.78 is 24.7. The van der Waals surface area contributed by atoms with Crippen molar-refractivity contribution in [2.45, 2.75) is 32.7 Å². The normalized spacial score (nSPS) is 15.7. The fraction of sp³-hybridized carbons (Fsp3) is 0.524. The number of benzene rings is 1. The maximum Gasteiger partial charge on any atom is 0.229 e. The molecule has 0 unspecified atom stereocenters. The predicted molar refractivity (Wildman–Crippen MR) is 104 cm³/mol. The van der Waals surface area contributed by atoms with Crippen molar-refractivity contribution < 1.29 is 18.3 Å². The van der Waals surface area contributed by atoms with E-state index in [0.29, 0.717) is 36.9 Å². The molecule has 1 fully saturated rings. The molecule has 0 atom stereocenters. The molecule has 0 aliphatic carbocycles. The fourth-order valence-corrected chi connectivity index (χ4v) is 3.46. The number of aryl methyl sites for hydroxylation is 1. The number of methoxy groups -OCH3 is 1. The highest BCUT2D eigenvalue weighted by molar-refractivity contribution is 5.78. The van der Waals surface area contributed by atoms with Crippen molar-refractivity contribution in [2.24, 2.45) is 5.92 Å². The zero-order valence-corrected chi connectivity index (χ0v) is 16.5.